The molecule has 1 aromatic carbocycles. The summed E-state index contributed by atoms with van der Waals surface area (Å²) in [6.45, 7) is 0.189. The molecule has 0 saturated carbocycles. The Morgan fingerprint density at radius 3 is 2.57 bits per heavy atom. The lowest BCUT2D eigenvalue weighted by Crippen LogP contribution is -2.42. The zero-order valence-electron chi connectivity index (χ0n) is 12.0. The second-order valence-corrected chi connectivity index (χ2v) is 5.49. The number of carbonyl (C=O) groups is 2. The fourth-order valence-corrected chi connectivity index (χ4v) is 1.92. The second kappa shape index (κ2) is 8.76. The molecule has 1 aromatic rings. The van der Waals surface area contributed by atoms with Crippen molar-refractivity contribution in [3.8, 4) is 0 Å². The summed E-state index contributed by atoms with van der Waals surface area (Å²) < 4.78 is 5.67. The Kier molecular flexibility index (Phi) is 7.35. The summed E-state index contributed by atoms with van der Waals surface area (Å²) >= 11 is 3.28. The monoisotopic (exact) mass is 358 g/mol. The lowest BCUT2D eigenvalue weighted by atomic mass is 10.2. The van der Waals surface area contributed by atoms with Crippen LogP contribution in [0.1, 0.15) is 10.4 Å². The lowest BCUT2D eigenvalue weighted by Gasteiger charge is -2.20. The minimum atomic E-state index is -0.744. The van der Waals surface area contributed by atoms with E-state index in [2.05, 4.69) is 21.2 Å². The predicted molar refractivity (Wildman–Crippen MR) is 82.0 cm³/mol. The number of carbonyl (C=O) groups excluding carboxylic acids is 2. The largest absolute Gasteiger partial charge is 0.389 e. The van der Waals surface area contributed by atoms with E-state index < -0.39 is 6.10 Å². The smallest absolute Gasteiger partial charge is 0.251 e. The van der Waals surface area contributed by atoms with E-state index in [1.54, 1.807) is 31.3 Å². The summed E-state index contributed by atoms with van der Waals surface area (Å²) in [6.07, 6.45) is -0.744. The topological polar surface area (TPSA) is 78.9 Å². The molecule has 2 amide bonds. The summed E-state index contributed by atoms with van der Waals surface area (Å²) in [5, 5.41) is 12.1. The number of hydrogen-bond donors (Lipinski definition) is 2. The van der Waals surface area contributed by atoms with E-state index in [4.69, 9.17) is 4.74 Å². The van der Waals surface area contributed by atoms with Gasteiger partial charge in [-0.1, -0.05) is 15.9 Å². The number of aliphatic hydroxyl groups is 1. The molecular formula is C14H19BrN2O4. The molecule has 0 heterocycles. The van der Waals surface area contributed by atoms with Gasteiger partial charge in [0.2, 0.25) is 5.91 Å². The zero-order chi connectivity index (χ0) is 15.8. The lowest BCUT2D eigenvalue weighted by molar-refractivity contribution is -0.130. The molecule has 2 N–H and O–H groups in total. The highest BCUT2D eigenvalue weighted by molar-refractivity contribution is 9.10. The molecule has 0 spiro atoms. The maximum absolute atomic E-state index is 11.8. The molecule has 0 fully saturated rings. The summed E-state index contributed by atoms with van der Waals surface area (Å²) in [5.41, 5.74) is 0.480. The van der Waals surface area contributed by atoms with Crippen LogP contribution in [0.2, 0.25) is 0 Å². The first-order valence-electron chi connectivity index (χ1n) is 6.38. The molecule has 1 unspecified atom stereocenters. The van der Waals surface area contributed by atoms with Crippen LogP contribution in [0.5, 0.6) is 0 Å². The molecule has 6 nitrogen and oxygen atoms in total. The Morgan fingerprint density at radius 2 is 2.00 bits per heavy atom. The molecule has 21 heavy (non-hydrogen) atoms. The summed E-state index contributed by atoms with van der Waals surface area (Å²) in [5.74, 6) is -0.600. The second-order valence-electron chi connectivity index (χ2n) is 4.57. The molecule has 116 valence electrons. The van der Waals surface area contributed by atoms with E-state index >= 15 is 0 Å². The van der Waals surface area contributed by atoms with Crippen LogP contribution in [0.15, 0.2) is 28.7 Å². The predicted octanol–water partition coefficient (Wildman–Crippen LogP) is 0.645. The van der Waals surface area contributed by atoms with E-state index in [0.717, 1.165) is 4.47 Å². The Bertz CT molecular complexity index is 478. The minimum absolute atomic E-state index is 0.120. The minimum Gasteiger partial charge on any atom is -0.389 e. The molecule has 1 rings (SSSR count). The van der Waals surface area contributed by atoms with Crippen LogP contribution < -0.4 is 5.32 Å². The highest BCUT2D eigenvalue weighted by Gasteiger charge is 2.14. The fraction of sp³-hybridized carbons (Fsp3) is 0.429. The van der Waals surface area contributed by atoms with Gasteiger partial charge in [-0.05, 0) is 24.3 Å². The first kappa shape index (κ1) is 17.6. The van der Waals surface area contributed by atoms with E-state index in [1.165, 1.54) is 12.0 Å². The first-order chi connectivity index (χ1) is 9.93. The molecule has 0 bridgehead atoms. The van der Waals surface area contributed by atoms with Crippen molar-refractivity contribution >= 4 is 27.7 Å². The number of methoxy groups -OCH3 is 1. The van der Waals surface area contributed by atoms with Gasteiger partial charge in [0.15, 0.2) is 0 Å². The van der Waals surface area contributed by atoms with Crippen LogP contribution in [0.25, 0.3) is 0 Å². The summed E-state index contributed by atoms with van der Waals surface area (Å²) in [6, 6.07) is 6.83. The van der Waals surface area contributed by atoms with E-state index in [1.807, 2.05) is 0 Å². The molecule has 0 aliphatic heterocycles. The van der Waals surface area contributed by atoms with Crippen molar-refractivity contribution in [2.75, 3.05) is 33.9 Å². The Balaban J connectivity index is 2.41. The van der Waals surface area contributed by atoms with Crippen molar-refractivity contribution in [3.63, 3.8) is 0 Å². The quantitative estimate of drug-likeness (QED) is 0.749. The number of amides is 2. The molecular weight excluding hydrogens is 340 g/mol. The third-order valence-corrected chi connectivity index (χ3v) is 3.30. The van der Waals surface area contributed by atoms with Crippen molar-refractivity contribution < 1.29 is 19.4 Å². The van der Waals surface area contributed by atoms with Gasteiger partial charge in [-0.3, -0.25) is 9.59 Å². The van der Waals surface area contributed by atoms with Gasteiger partial charge in [0.25, 0.3) is 5.91 Å². The van der Waals surface area contributed by atoms with Gasteiger partial charge in [-0.2, -0.15) is 0 Å². The number of halogens is 1. The maximum atomic E-state index is 11.8. The van der Waals surface area contributed by atoms with Crippen molar-refractivity contribution in [2.24, 2.45) is 0 Å². The van der Waals surface area contributed by atoms with Gasteiger partial charge in [0.05, 0.1) is 19.3 Å². The van der Waals surface area contributed by atoms with Gasteiger partial charge >= 0.3 is 0 Å². The number of ether oxygens (including phenoxy) is 1. The third kappa shape index (κ3) is 6.24. The van der Waals surface area contributed by atoms with Crippen LogP contribution >= 0.6 is 15.9 Å². The zero-order valence-corrected chi connectivity index (χ0v) is 13.6. The number of hydrogen-bond acceptors (Lipinski definition) is 4. The van der Waals surface area contributed by atoms with Gasteiger partial charge < -0.3 is 20.1 Å². The number of nitrogens with one attached hydrogen (secondary N) is 1. The molecule has 1 atom stereocenters. The number of rotatable bonds is 7. The number of likely N-dealkylation sites (N-methyl/N-ethyl adjacent to an activating group) is 1. The molecule has 0 aliphatic rings. The van der Waals surface area contributed by atoms with Crippen molar-refractivity contribution in [2.45, 2.75) is 6.10 Å². The first-order valence-corrected chi connectivity index (χ1v) is 7.18. The van der Waals surface area contributed by atoms with Gasteiger partial charge in [0, 0.05) is 30.7 Å². The summed E-state index contributed by atoms with van der Waals surface area (Å²) in [4.78, 5) is 25.0. The summed E-state index contributed by atoms with van der Waals surface area (Å²) in [7, 11) is 3.04. The fourth-order valence-electron chi connectivity index (χ4n) is 1.66. The van der Waals surface area contributed by atoms with Gasteiger partial charge in [-0.25, -0.2) is 0 Å². The average Bonchev–Trinajstić information content (AvgIpc) is 2.45. The Hall–Kier alpha value is -1.44. The molecule has 0 aromatic heterocycles. The molecule has 7 heteroatoms. The van der Waals surface area contributed by atoms with Crippen LogP contribution in [-0.4, -0.2) is 61.8 Å². The SMILES string of the molecule is COCC(O)CN(C)C(=O)CNC(=O)c1ccc(Br)cc1. The van der Waals surface area contributed by atoms with Gasteiger partial charge in [-0.15, -0.1) is 0 Å². The van der Waals surface area contributed by atoms with E-state index in [-0.39, 0.29) is 31.5 Å². The Morgan fingerprint density at radius 1 is 1.38 bits per heavy atom. The standard InChI is InChI=1S/C14H19BrN2O4/c1-17(8-12(18)9-21-2)13(19)7-16-14(20)10-3-5-11(15)6-4-10/h3-6,12,18H,7-9H2,1-2H3,(H,16,20). The van der Waals surface area contributed by atoms with Crippen LogP contribution in [0, 0.1) is 0 Å². The molecule has 0 radical (unpaired) electrons. The van der Waals surface area contributed by atoms with Crippen LogP contribution in [0.4, 0.5) is 0 Å². The number of nitrogens with zero attached hydrogens (tertiary/aromatic N) is 1. The van der Waals surface area contributed by atoms with Crippen molar-refractivity contribution in [1.82, 2.24) is 10.2 Å². The van der Waals surface area contributed by atoms with Crippen LogP contribution in [0.3, 0.4) is 0 Å². The van der Waals surface area contributed by atoms with Gasteiger partial charge in [0.1, 0.15) is 0 Å². The number of aliphatic hydroxyl groups excluding tert-OH is 1. The highest BCUT2D eigenvalue weighted by Crippen LogP contribution is 2.10. The highest BCUT2D eigenvalue weighted by atomic mass is 79.9. The van der Waals surface area contributed by atoms with Crippen molar-refractivity contribution in [1.29, 1.82) is 0 Å². The third-order valence-electron chi connectivity index (χ3n) is 2.78. The maximum Gasteiger partial charge on any atom is 0.251 e. The normalized spacial score (nSPS) is 11.8. The van der Waals surface area contributed by atoms with Crippen molar-refractivity contribution in [3.05, 3.63) is 34.3 Å². The Labute approximate surface area is 132 Å². The molecule has 0 saturated heterocycles. The molecule has 0 aliphatic carbocycles. The van der Waals surface area contributed by atoms with Crippen LogP contribution in [-0.2, 0) is 9.53 Å². The average molecular weight is 359 g/mol. The van der Waals surface area contributed by atoms with E-state index in [0.29, 0.717) is 5.56 Å². The van der Waals surface area contributed by atoms with E-state index in [9.17, 15) is 14.7 Å². The number of benzene rings is 1.